The van der Waals surface area contributed by atoms with Gasteiger partial charge in [-0.2, -0.15) is 0 Å². The van der Waals surface area contributed by atoms with Gasteiger partial charge >= 0.3 is 12.1 Å². The van der Waals surface area contributed by atoms with E-state index in [1.165, 1.54) is 7.11 Å². The quantitative estimate of drug-likeness (QED) is 0.785. The van der Waals surface area contributed by atoms with Gasteiger partial charge in [-0.3, -0.25) is 4.90 Å². The number of halogens is 1. The molecule has 1 amide bonds. The van der Waals surface area contributed by atoms with Crippen LogP contribution in [0.15, 0.2) is 48.5 Å². The molecule has 0 aliphatic carbocycles. The van der Waals surface area contributed by atoms with Crippen LogP contribution in [0.5, 0.6) is 5.75 Å². The number of benzene rings is 2. The second-order valence-electron chi connectivity index (χ2n) is 5.42. The van der Waals surface area contributed by atoms with Gasteiger partial charge in [0.2, 0.25) is 0 Å². The largest absolute Gasteiger partial charge is 0.496 e. The van der Waals surface area contributed by atoms with Gasteiger partial charge in [0, 0.05) is 12.1 Å². The summed E-state index contributed by atoms with van der Waals surface area (Å²) in [5.41, 5.74) is 1.02. The number of ether oxygens (including phenoxy) is 2. The zero-order valence-electron chi connectivity index (χ0n) is 14.5. The molecule has 0 spiro atoms. The Labute approximate surface area is 156 Å². The fraction of sp³-hybridized carbons (Fsp3) is 0.263. The maximum absolute atomic E-state index is 12.5. The van der Waals surface area contributed by atoms with E-state index in [2.05, 4.69) is 0 Å². The lowest BCUT2D eigenvalue weighted by Crippen LogP contribution is -2.39. The Hall–Kier alpha value is -2.73. The normalized spacial score (nSPS) is 11.5. The molecule has 0 saturated carbocycles. The molecule has 0 heterocycles. The fourth-order valence-corrected chi connectivity index (χ4v) is 2.86. The van der Waals surface area contributed by atoms with Crippen molar-refractivity contribution in [3.8, 4) is 5.75 Å². The molecule has 2 rings (SSSR count). The van der Waals surface area contributed by atoms with E-state index in [0.29, 0.717) is 5.75 Å². The van der Waals surface area contributed by atoms with Crippen molar-refractivity contribution >= 4 is 23.7 Å². The summed E-state index contributed by atoms with van der Waals surface area (Å²) in [6.07, 6.45) is -0.745. The standard InChI is InChI=1S/C19H20ClNO5/c1-3-21(19(24)26-12-13-8-5-4-6-9-13)17(18(22)23)16-14(20)10-7-11-15(16)25-2/h4-11,17H,3,12H2,1-2H3,(H,22,23). The number of carboxylic acid groups (broad SMARTS) is 1. The van der Waals surface area contributed by atoms with Crippen molar-refractivity contribution in [2.75, 3.05) is 13.7 Å². The summed E-state index contributed by atoms with van der Waals surface area (Å²) in [5.74, 6) is -0.936. The van der Waals surface area contributed by atoms with Crippen LogP contribution in [0.2, 0.25) is 5.02 Å². The maximum atomic E-state index is 12.5. The second-order valence-corrected chi connectivity index (χ2v) is 5.83. The van der Waals surface area contributed by atoms with E-state index in [4.69, 9.17) is 21.1 Å². The predicted octanol–water partition coefficient (Wildman–Crippen LogP) is 4.13. The summed E-state index contributed by atoms with van der Waals surface area (Å²) in [4.78, 5) is 25.6. The van der Waals surface area contributed by atoms with E-state index in [0.717, 1.165) is 10.5 Å². The van der Waals surface area contributed by atoms with Crippen molar-refractivity contribution in [3.63, 3.8) is 0 Å². The van der Waals surface area contributed by atoms with Crippen molar-refractivity contribution in [1.82, 2.24) is 4.90 Å². The third-order valence-electron chi connectivity index (χ3n) is 3.83. The van der Waals surface area contributed by atoms with E-state index in [1.807, 2.05) is 30.3 Å². The summed E-state index contributed by atoms with van der Waals surface area (Å²) in [7, 11) is 1.41. The van der Waals surface area contributed by atoms with Gasteiger partial charge in [-0.15, -0.1) is 0 Å². The van der Waals surface area contributed by atoms with E-state index in [1.54, 1.807) is 25.1 Å². The highest BCUT2D eigenvalue weighted by atomic mass is 35.5. The first-order chi connectivity index (χ1) is 12.5. The minimum absolute atomic E-state index is 0.0438. The number of aliphatic carboxylic acids is 1. The Morgan fingerprint density at radius 3 is 2.42 bits per heavy atom. The molecular weight excluding hydrogens is 358 g/mol. The van der Waals surface area contributed by atoms with Crippen molar-refractivity contribution in [2.24, 2.45) is 0 Å². The Bertz CT molecular complexity index is 766. The van der Waals surface area contributed by atoms with Crippen molar-refractivity contribution in [1.29, 1.82) is 0 Å². The zero-order chi connectivity index (χ0) is 19.1. The first-order valence-corrected chi connectivity index (χ1v) is 8.39. The SMILES string of the molecule is CCN(C(=O)OCc1ccccc1)C(C(=O)O)c1c(Cl)cccc1OC. The molecule has 6 nitrogen and oxygen atoms in total. The highest BCUT2D eigenvalue weighted by molar-refractivity contribution is 6.31. The molecule has 1 atom stereocenters. The molecule has 0 aliphatic heterocycles. The van der Waals surface area contributed by atoms with Crippen LogP contribution in [-0.2, 0) is 16.1 Å². The number of likely N-dealkylation sites (N-methyl/N-ethyl adjacent to an activating group) is 1. The highest BCUT2D eigenvalue weighted by Crippen LogP contribution is 2.36. The van der Waals surface area contributed by atoms with Gasteiger partial charge in [-0.1, -0.05) is 48.0 Å². The van der Waals surface area contributed by atoms with Crippen LogP contribution in [0.3, 0.4) is 0 Å². The van der Waals surface area contributed by atoms with Crippen LogP contribution in [0.1, 0.15) is 24.1 Å². The number of carbonyl (C=O) groups excluding carboxylic acids is 1. The van der Waals surface area contributed by atoms with Gasteiger partial charge in [-0.05, 0) is 24.6 Å². The molecule has 7 heteroatoms. The van der Waals surface area contributed by atoms with Crippen LogP contribution in [-0.4, -0.2) is 35.7 Å². The third-order valence-corrected chi connectivity index (χ3v) is 4.16. The number of hydrogen-bond acceptors (Lipinski definition) is 4. The molecule has 0 fully saturated rings. The van der Waals surface area contributed by atoms with Crippen molar-refractivity contribution in [2.45, 2.75) is 19.6 Å². The molecule has 0 aromatic heterocycles. The number of carboxylic acids is 1. The Balaban J connectivity index is 2.29. The van der Waals surface area contributed by atoms with Gasteiger partial charge in [0.15, 0.2) is 6.04 Å². The molecule has 0 radical (unpaired) electrons. The lowest BCUT2D eigenvalue weighted by molar-refractivity contribution is -0.143. The number of hydrogen-bond donors (Lipinski definition) is 1. The first kappa shape index (κ1) is 19.6. The molecule has 2 aromatic rings. The molecule has 0 aliphatic rings. The van der Waals surface area contributed by atoms with Crippen LogP contribution >= 0.6 is 11.6 Å². The number of methoxy groups -OCH3 is 1. The monoisotopic (exact) mass is 377 g/mol. The number of carbonyl (C=O) groups is 2. The second kappa shape index (κ2) is 9.10. The van der Waals surface area contributed by atoms with Crippen molar-refractivity contribution in [3.05, 3.63) is 64.7 Å². The van der Waals surface area contributed by atoms with E-state index >= 15 is 0 Å². The van der Waals surface area contributed by atoms with E-state index in [-0.39, 0.29) is 23.7 Å². The van der Waals surface area contributed by atoms with Gasteiger partial charge in [0.1, 0.15) is 12.4 Å². The van der Waals surface area contributed by atoms with Gasteiger partial charge < -0.3 is 14.6 Å². The Kier molecular flexibility index (Phi) is 6.86. The minimum Gasteiger partial charge on any atom is -0.496 e. The molecular formula is C19H20ClNO5. The first-order valence-electron chi connectivity index (χ1n) is 8.02. The molecule has 1 unspecified atom stereocenters. The van der Waals surface area contributed by atoms with Crippen molar-refractivity contribution < 1.29 is 24.2 Å². The summed E-state index contributed by atoms with van der Waals surface area (Å²) in [6, 6.07) is 12.6. The van der Waals surface area contributed by atoms with Crippen LogP contribution in [0.25, 0.3) is 0 Å². The van der Waals surface area contributed by atoms with Crippen LogP contribution in [0.4, 0.5) is 4.79 Å². The van der Waals surface area contributed by atoms with Gasteiger partial charge in [0.05, 0.1) is 12.1 Å². The smallest absolute Gasteiger partial charge is 0.411 e. The molecule has 0 saturated heterocycles. The fourth-order valence-electron chi connectivity index (χ4n) is 2.59. The third kappa shape index (κ3) is 4.46. The molecule has 2 aromatic carbocycles. The predicted molar refractivity (Wildman–Crippen MR) is 97.4 cm³/mol. The van der Waals surface area contributed by atoms with Crippen LogP contribution < -0.4 is 4.74 Å². The minimum atomic E-state index is -1.33. The molecule has 138 valence electrons. The molecule has 26 heavy (non-hydrogen) atoms. The lowest BCUT2D eigenvalue weighted by Gasteiger charge is -2.28. The van der Waals surface area contributed by atoms with Gasteiger partial charge in [0.25, 0.3) is 0 Å². The molecule has 0 bridgehead atoms. The summed E-state index contributed by atoms with van der Waals surface area (Å²) < 4.78 is 10.5. The lowest BCUT2D eigenvalue weighted by atomic mass is 10.0. The summed E-state index contributed by atoms with van der Waals surface area (Å²) >= 11 is 6.20. The highest BCUT2D eigenvalue weighted by Gasteiger charge is 2.35. The Morgan fingerprint density at radius 2 is 1.85 bits per heavy atom. The summed E-state index contributed by atoms with van der Waals surface area (Å²) in [5, 5.41) is 9.94. The maximum Gasteiger partial charge on any atom is 0.411 e. The van der Waals surface area contributed by atoms with E-state index < -0.39 is 18.1 Å². The van der Waals surface area contributed by atoms with E-state index in [9.17, 15) is 14.7 Å². The Morgan fingerprint density at radius 1 is 1.15 bits per heavy atom. The number of rotatable bonds is 7. The summed E-state index contributed by atoms with van der Waals surface area (Å²) in [6.45, 7) is 1.84. The number of amides is 1. The average molecular weight is 378 g/mol. The van der Waals surface area contributed by atoms with Crippen LogP contribution in [0, 0.1) is 0 Å². The molecule has 1 N–H and O–H groups in total. The average Bonchev–Trinajstić information content (AvgIpc) is 2.65. The topological polar surface area (TPSA) is 76.1 Å². The number of nitrogens with zero attached hydrogens (tertiary/aromatic N) is 1. The zero-order valence-corrected chi connectivity index (χ0v) is 15.3. The van der Waals surface area contributed by atoms with Gasteiger partial charge in [-0.25, -0.2) is 9.59 Å².